The van der Waals surface area contributed by atoms with Crippen LogP contribution in [0.5, 0.6) is 0 Å². The van der Waals surface area contributed by atoms with Crippen molar-refractivity contribution < 1.29 is 17.9 Å². The van der Waals surface area contributed by atoms with Crippen molar-refractivity contribution in [2.45, 2.75) is 24.5 Å². The van der Waals surface area contributed by atoms with E-state index in [0.717, 1.165) is 44.0 Å². The lowest BCUT2D eigenvalue weighted by molar-refractivity contribution is 0.0342. The Kier molecular flexibility index (Phi) is 8.91. The van der Waals surface area contributed by atoms with Gasteiger partial charge < -0.3 is 10.1 Å². The molecule has 0 aromatic heterocycles. The van der Waals surface area contributed by atoms with Crippen LogP contribution in [0, 0.1) is 0 Å². The van der Waals surface area contributed by atoms with Crippen LogP contribution in [-0.2, 0) is 34.4 Å². The van der Waals surface area contributed by atoms with Crippen LogP contribution in [-0.4, -0.2) is 45.5 Å². The molecule has 0 spiro atoms. The quantitative estimate of drug-likeness (QED) is 0.303. The summed E-state index contributed by atoms with van der Waals surface area (Å²) >= 11 is 0. The summed E-state index contributed by atoms with van der Waals surface area (Å²) in [5, 5.41) is 3.00. The highest BCUT2D eigenvalue weighted by Crippen LogP contribution is 2.29. The zero-order valence-corrected chi connectivity index (χ0v) is 23.1. The normalized spacial score (nSPS) is 14.0. The number of hydrogen-bond donors (Lipinski definition) is 1. The molecule has 4 aromatic carbocycles. The number of ether oxygens (including phenoxy) is 1. The first kappa shape index (κ1) is 27.6. The fourth-order valence-electron chi connectivity index (χ4n) is 4.78. The molecule has 1 aliphatic heterocycles. The average molecular weight is 556 g/mol. The molecule has 1 amide bonds. The maximum Gasteiger partial charge on any atom is 0.264 e. The number of rotatable bonds is 10. The van der Waals surface area contributed by atoms with Crippen LogP contribution in [0.3, 0.4) is 0 Å². The van der Waals surface area contributed by atoms with Gasteiger partial charge in [-0.1, -0.05) is 84.9 Å². The third-order valence-electron chi connectivity index (χ3n) is 6.87. The minimum absolute atomic E-state index is 0.0892. The summed E-state index contributed by atoms with van der Waals surface area (Å²) in [5.74, 6) is -0.337. The minimum atomic E-state index is -3.96. The van der Waals surface area contributed by atoms with Crippen molar-refractivity contribution >= 4 is 21.6 Å². The van der Waals surface area contributed by atoms with Gasteiger partial charge in [-0.25, -0.2) is 8.42 Å². The molecule has 1 heterocycles. The number of nitrogens with one attached hydrogen (secondary N) is 1. The van der Waals surface area contributed by atoms with E-state index >= 15 is 0 Å². The van der Waals surface area contributed by atoms with Crippen molar-refractivity contribution in [1.29, 1.82) is 0 Å². The molecule has 0 atom stereocenters. The van der Waals surface area contributed by atoms with Crippen molar-refractivity contribution in [3.63, 3.8) is 0 Å². The molecule has 7 nitrogen and oxygen atoms in total. The molecule has 1 saturated heterocycles. The number of benzene rings is 4. The van der Waals surface area contributed by atoms with Crippen molar-refractivity contribution in [1.82, 2.24) is 10.2 Å². The lowest BCUT2D eigenvalue weighted by Crippen LogP contribution is -2.35. The first-order valence-electron chi connectivity index (χ1n) is 13.4. The predicted octanol–water partition coefficient (Wildman–Crippen LogP) is 4.84. The summed E-state index contributed by atoms with van der Waals surface area (Å²) < 4.78 is 34.5. The molecule has 5 rings (SSSR count). The van der Waals surface area contributed by atoms with Gasteiger partial charge in [0.15, 0.2) is 0 Å². The van der Waals surface area contributed by atoms with Crippen LogP contribution in [0.4, 0.5) is 5.69 Å². The fraction of sp³-hybridized carbons (Fsp3) is 0.219. The Morgan fingerprint density at radius 1 is 0.775 bits per heavy atom. The number of carbonyl (C=O) groups is 1. The highest BCUT2D eigenvalue weighted by atomic mass is 32.2. The summed E-state index contributed by atoms with van der Waals surface area (Å²) in [6, 6.07) is 32.7. The van der Waals surface area contributed by atoms with E-state index in [1.54, 1.807) is 54.6 Å². The molecule has 0 aliphatic carbocycles. The van der Waals surface area contributed by atoms with Crippen LogP contribution in [0.1, 0.15) is 27.0 Å². The molecule has 40 heavy (non-hydrogen) atoms. The molecular weight excluding hydrogens is 522 g/mol. The first-order chi connectivity index (χ1) is 19.5. The van der Waals surface area contributed by atoms with Gasteiger partial charge in [-0.05, 0) is 41.0 Å². The maximum atomic E-state index is 13.9. The standard InChI is InChI=1S/C32H33N3O4S/c36-32(33-23-27-12-9-13-28(22-27)24-34-18-20-39-21-19-34)30-16-7-8-17-31(30)35(25-26-10-3-1-4-11-26)40(37,38)29-14-5-2-6-15-29/h1-17,22H,18-21,23-25H2,(H,33,36). The van der Waals surface area contributed by atoms with Crippen molar-refractivity contribution in [3.05, 3.63) is 131 Å². The van der Waals surface area contributed by atoms with E-state index in [-0.39, 0.29) is 17.3 Å². The number of carbonyl (C=O) groups excluding carboxylic acids is 1. The number of hydrogen-bond acceptors (Lipinski definition) is 5. The molecule has 1 aliphatic rings. The molecule has 206 valence electrons. The highest BCUT2D eigenvalue weighted by molar-refractivity contribution is 7.92. The molecular formula is C32H33N3O4S. The summed E-state index contributed by atoms with van der Waals surface area (Å²) in [5.41, 5.74) is 3.59. The second kappa shape index (κ2) is 12.9. The Hall–Kier alpha value is -3.98. The van der Waals surface area contributed by atoms with Crippen LogP contribution in [0.25, 0.3) is 0 Å². The largest absolute Gasteiger partial charge is 0.379 e. The van der Waals surface area contributed by atoms with E-state index in [2.05, 4.69) is 22.3 Å². The van der Waals surface area contributed by atoms with E-state index in [1.807, 2.05) is 42.5 Å². The molecule has 0 bridgehead atoms. The summed E-state index contributed by atoms with van der Waals surface area (Å²) in [6.45, 7) is 4.55. The third kappa shape index (κ3) is 6.77. The van der Waals surface area contributed by atoms with Gasteiger partial charge in [0.2, 0.25) is 0 Å². The Bertz CT molecular complexity index is 1520. The Morgan fingerprint density at radius 2 is 1.40 bits per heavy atom. The van der Waals surface area contributed by atoms with Gasteiger partial charge >= 0.3 is 0 Å². The fourth-order valence-corrected chi connectivity index (χ4v) is 6.28. The zero-order valence-electron chi connectivity index (χ0n) is 22.3. The summed E-state index contributed by atoms with van der Waals surface area (Å²) in [4.78, 5) is 16.0. The minimum Gasteiger partial charge on any atom is -0.379 e. The second-order valence-electron chi connectivity index (χ2n) is 9.72. The molecule has 0 saturated carbocycles. The Morgan fingerprint density at radius 3 is 2.15 bits per heavy atom. The number of morpholine rings is 1. The van der Waals surface area contributed by atoms with Crippen molar-refractivity contribution in [2.24, 2.45) is 0 Å². The molecule has 1 fully saturated rings. The predicted molar refractivity (Wildman–Crippen MR) is 156 cm³/mol. The van der Waals surface area contributed by atoms with E-state index in [1.165, 1.54) is 9.87 Å². The highest BCUT2D eigenvalue weighted by Gasteiger charge is 2.28. The number of nitrogens with zero attached hydrogens (tertiary/aromatic N) is 2. The van der Waals surface area contributed by atoms with Crippen LogP contribution >= 0.6 is 0 Å². The van der Waals surface area contributed by atoms with Crippen LogP contribution < -0.4 is 9.62 Å². The Labute approximate surface area is 236 Å². The van der Waals surface area contributed by atoms with E-state index in [4.69, 9.17) is 4.74 Å². The second-order valence-corrected chi connectivity index (χ2v) is 11.6. The topological polar surface area (TPSA) is 79.0 Å². The molecule has 1 N–H and O–H groups in total. The van der Waals surface area contributed by atoms with Gasteiger partial charge in [0, 0.05) is 26.2 Å². The SMILES string of the molecule is O=C(NCc1cccc(CN2CCOCC2)c1)c1ccccc1N(Cc1ccccc1)S(=O)(=O)c1ccccc1. The Balaban J connectivity index is 1.38. The van der Waals surface area contributed by atoms with Crippen molar-refractivity contribution in [3.8, 4) is 0 Å². The van der Waals surface area contributed by atoms with Gasteiger partial charge in [0.1, 0.15) is 0 Å². The third-order valence-corrected chi connectivity index (χ3v) is 8.65. The van der Waals surface area contributed by atoms with Gasteiger partial charge in [0.25, 0.3) is 15.9 Å². The zero-order chi connectivity index (χ0) is 27.8. The average Bonchev–Trinajstić information content (AvgIpc) is 3.00. The van der Waals surface area contributed by atoms with Gasteiger partial charge in [0.05, 0.1) is 35.9 Å². The smallest absolute Gasteiger partial charge is 0.264 e. The van der Waals surface area contributed by atoms with Gasteiger partial charge in [-0.15, -0.1) is 0 Å². The number of amides is 1. The lowest BCUT2D eigenvalue weighted by Gasteiger charge is -2.27. The van der Waals surface area contributed by atoms with E-state index < -0.39 is 10.0 Å². The molecule has 4 aromatic rings. The van der Waals surface area contributed by atoms with E-state index in [0.29, 0.717) is 17.8 Å². The molecule has 0 unspecified atom stereocenters. The maximum absolute atomic E-state index is 13.9. The van der Waals surface area contributed by atoms with Crippen LogP contribution in [0.15, 0.2) is 114 Å². The summed E-state index contributed by atoms with van der Waals surface area (Å²) in [6.07, 6.45) is 0. The van der Waals surface area contributed by atoms with Gasteiger partial charge in [-0.2, -0.15) is 0 Å². The first-order valence-corrected chi connectivity index (χ1v) is 14.8. The molecule has 8 heteroatoms. The monoisotopic (exact) mass is 555 g/mol. The summed E-state index contributed by atoms with van der Waals surface area (Å²) in [7, 11) is -3.96. The molecule has 0 radical (unpaired) electrons. The van der Waals surface area contributed by atoms with Gasteiger partial charge in [-0.3, -0.25) is 14.0 Å². The number of para-hydroxylation sites is 1. The number of sulfonamides is 1. The van der Waals surface area contributed by atoms with Crippen molar-refractivity contribution in [2.75, 3.05) is 30.6 Å². The van der Waals surface area contributed by atoms with E-state index in [9.17, 15) is 13.2 Å². The number of anilines is 1. The van der Waals surface area contributed by atoms with Crippen LogP contribution in [0.2, 0.25) is 0 Å². The lowest BCUT2D eigenvalue weighted by atomic mass is 10.1.